The monoisotopic (exact) mass is 402 g/mol. The number of nitrogens with zero attached hydrogens (tertiary/aromatic N) is 2. The molecule has 4 nitrogen and oxygen atoms in total. The summed E-state index contributed by atoms with van der Waals surface area (Å²) in [6.07, 6.45) is 2.33. The van der Waals surface area contributed by atoms with Crippen LogP contribution in [-0.2, 0) is 23.0 Å². The van der Waals surface area contributed by atoms with E-state index in [0.717, 1.165) is 22.0 Å². The Morgan fingerprint density at radius 1 is 0.759 bits per heavy atom. The highest BCUT2D eigenvalue weighted by molar-refractivity contribution is 7.89. The second-order valence-corrected chi connectivity index (χ2v) is 8.78. The van der Waals surface area contributed by atoms with E-state index in [-0.39, 0.29) is 6.54 Å². The summed E-state index contributed by atoms with van der Waals surface area (Å²) in [6, 6.07) is 28.5. The van der Waals surface area contributed by atoms with Crippen molar-refractivity contribution in [2.45, 2.75) is 17.9 Å². The topological polar surface area (TPSA) is 50.3 Å². The zero-order chi connectivity index (χ0) is 20.1. The highest BCUT2D eigenvalue weighted by Gasteiger charge is 2.26. The van der Waals surface area contributed by atoms with Gasteiger partial charge in [0.05, 0.1) is 17.1 Å². The summed E-state index contributed by atoms with van der Waals surface area (Å²) < 4.78 is 28.9. The first-order chi connectivity index (χ1) is 14.1. The number of benzene rings is 3. The Hall–Kier alpha value is -3.02. The van der Waals surface area contributed by atoms with Crippen molar-refractivity contribution in [3.63, 3.8) is 0 Å². The molecule has 0 aliphatic heterocycles. The van der Waals surface area contributed by atoms with E-state index < -0.39 is 10.0 Å². The maximum absolute atomic E-state index is 13.7. The number of aromatic nitrogens is 1. The average molecular weight is 403 g/mol. The standard InChI is InChI=1S/C24H22N2O2S/c27-29(28,24-15-8-12-21-11-4-5-14-23(21)24)26(19-22-13-6-7-17-25-22)18-16-20-9-2-1-3-10-20/h1-15,17H,16,18-19H2. The fourth-order valence-electron chi connectivity index (χ4n) is 3.41. The number of rotatable bonds is 7. The highest BCUT2D eigenvalue weighted by atomic mass is 32.2. The van der Waals surface area contributed by atoms with Crippen molar-refractivity contribution in [1.29, 1.82) is 0 Å². The van der Waals surface area contributed by atoms with Crippen molar-refractivity contribution >= 4 is 20.8 Å². The first kappa shape index (κ1) is 19.3. The average Bonchev–Trinajstić information content (AvgIpc) is 2.77. The van der Waals surface area contributed by atoms with Gasteiger partial charge >= 0.3 is 0 Å². The molecule has 0 bridgehead atoms. The molecule has 0 saturated heterocycles. The molecule has 1 heterocycles. The van der Waals surface area contributed by atoms with Gasteiger partial charge in [0.2, 0.25) is 10.0 Å². The van der Waals surface area contributed by atoms with Crippen LogP contribution in [0.5, 0.6) is 0 Å². The fraction of sp³-hybridized carbons (Fsp3) is 0.125. The van der Waals surface area contributed by atoms with Gasteiger partial charge in [-0.2, -0.15) is 4.31 Å². The Kier molecular flexibility index (Phi) is 5.69. The van der Waals surface area contributed by atoms with Gasteiger partial charge in [0.25, 0.3) is 0 Å². The van der Waals surface area contributed by atoms with Gasteiger partial charge in [-0.05, 0) is 35.6 Å². The van der Waals surface area contributed by atoms with E-state index in [4.69, 9.17) is 0 Å². The van der Waals surface area contributed by atoms with Crippen LogP contribution in [0.15, 0.2) is 102 Å². The van der Waals surface area contributed by atoms with E-state index in [1.807, 2.05) is 78.9 Å². The molecule has 0 saturated carbocycles. The van der Waals surface area contributed by atoms with Crippen LogP contribution < -0.4 is 0 Å². The van der Waals surface area contributed by atoms with Crippen molar-refractivity contribution in [3.05, 3.63) is 108 Å². The van der Waals surface area contributed by atoms with Gasteiger partial charge in [-0.1, -0.05) is 72.8 Å². The first-order valence-corrected chi connectivity index (χ1v) is 11.0. The van der Waals surface area contributed by atoms with Crippen LogP contribution in [0.25, 0.3) is 10.8 Å². The highest BCUT2D eigenvalue weighted by Crippen LogP contribution is 2.26. The van der Waals surface area contributed by atoms with Gasteiger partial charge in [-0.25, -0.2) is 8.42 Å². The minimum absolute atomic E-state index is 0.235. The smallest absolute Gasteiger partial charge is 0.244 e. The number of fused-ring (bicyclic) bond motifs is 1. The Morgan fingerprint density at radius 2 is 1.48 bits per heavy atom. The Morgan fingerprint density at radius 3 is 2.28 bits per heavy atom. The summed E-state index contributed by atoms with van der Waals surface area (Å²) in [5.41, 5.74) is 1.83. The van der Waals surface area contributed by atoms with Crippen LogP contribution in [0, 0.1) is 0 Å². The molecule has 0 spiro atoms. The summed E-state index contributed by atoms with van der Waals surface area (Å²) in [5.74, 6) is 0. The number of hydrogen-bond donors (Lipinski definition) is 0. The Bertz CT molecular complexity index is 1190. The second-order valence-electron chi connectivity index (χ2n) is 6.87. The number of hydrogen-bond acceptors (Lipinski definition) is 3. The summed E-state index contributed by atoms with van der Waals surface area (Å²) in [4.78, 5) is 4.67. The molecule has 0 radical (unpaired) electrons. The van der Waals surface area contributed by atoms with Crippen LogP contribution in [0.3, 0.4) is 0 Å². The second kappa shape index (κ2) is 8.55. The number of pyridine rings is 1. The lowest BCUT2D eigenvalue weighted by molar-refractivity contribution is 0.406. The van der Waals surface area contributed by atoms with Crippen LogP contribution in [-0.4, -0.2) is 24.3 Å². The third-order valence-electron chi connectivity index (χ3n) is 4.92. The molecule has 0 aliphatic rings. The summed E-state index contributed by atoms with van der Waals surface area (Å²) in [5, 5.41) is 1.65. The molecule has 5 heteroatoms. The predicted molar refractivity (Wildman–Crippen MR) is 116 cm³/mol. The third-order valence-corrected chi connectivity index (χ3v) is 6.83. The first-order valence-electron chi connectivity index (χ1n) is 9.56. The van der Waals surface area contributed by atoms with Gasteiger partial charge in [0.1, 0.15) is 0 Å². The molecule has 0 atom stereocenters. The van der Waals surface area contributed by atoms with Crippen LogP contribution >= 0.6 is 0 Å². The molecular weight excluding hydrogens is 380 g/mol. The lowest BCUT2D eigenvalue weighted by Crippen LogP contribution is -2.33. The predicted octanol–water partition coefficient (Wildman–Crippen LogP) is 4.67. The van der Waals surface area contributed by atoms with Gasteiger partial charge in [-0.3, -0.25) is 4.98 Å². The molecule has 0 N–H and O–H groups in total. The molecule has 4 rings (SSSR count). The molecule has 0 fully saturated rings. The minimum Gasteiger partial charge on any atom is -0.260 e. The minimum atomic E-state index is -3.70. The number of sulfonamides is 1. The van der Waals surface area contributed by atoms with Crippen molar-refractivity contribution < 1.29 is 8.42 Å². The van der Waals surface area contributed by atoms with Gasteiger partial charge in [0, 0.05) is 18.1 Å². The molecule has 3 aromatic carbocycles. The van der Waals surface area contributed by atoms with Crippen LogP contribution in [0.1, 0.15) is 11.3 Å². The van der Waals surface area contributed by atoms with Crippen molar-refractivity contribution in [2.75, 3.05) is 6.54 Å². The molecule has 0 aliphatic carbocycles. The van der Waals surface area contributed by atoms with E-state index in [9.17, 15) is 8.42 Å². The van der Waals surface area contributed by atoms with E-state index >= 15 is 0 Å². The quantitative estimate of drug-likeness (QED) is 0.451. The maximum atomic E-state index is 13.7. The zero-order valence-electron chi connectivity index (χ0n) is 16.0. The lowest BCUT2D eigenvalue weighted by Gasteiger charge is -2.23. The van der Waals surface area contributed by atoms with Gasteiger partial charge in [0.15, 0.2) is 0 Å². The van der Waals surface area contributed by atoms with E-state index in [0.29, 0.717) is 17.9 Å². The van der Waals surface area contributed by atoms with Gasteiger partial charge < -0.3 is 0 Å². The van der Waals surface area contributed by atoms with E-state index in [2.05, 4.69) is 4.98 Å². The molecular formula is C24H22N2O2S. The van der Waals surface area contributed by atoms with Crippen molar-refractivity contribution in [3.8, 4) is 0 Å². The molecule has 0 amide bonds. The van der Waals surface area contributed by atoms with Crippen LogP contribution in [0.4, 0.5) is 0 Å². The van der Waals surface area contributed by atoms with Crippen molar-refractivity contribution in [2.24, 2.45) is 0 Å². The normalized spacial score (nSPS) is 11.8. The maximum Gasteiger partial charge on any atom is 0.244 e. The molecule has 29 heavy (non-hydrogen) atoms. The molecule has 4 aromatic rings. The largest absolute Gasteiger partial charge is 0.260 e. The van der Waals surface area contributed by atoms with Crippen LogP contribution in [0.2, 0.25) is 0 Å². The molecule has 146 valence electrons. The molecule has 1 aromatic heterocycles. The summed E-state index contributed by atoms with van der Waals surface area (Å²) in [6.45, 7) is 0.616. The van der Waals surface area contributed by atoms with Crippen molar-refractivity contribution in [1.82, 2.24) is 9.29 Å². The molecule has 0 unspecified atom stereocenters. The third kappa shape index (κ3) is 4.36. The lowest BCUT2D eigenvalue weighted by atomic mass is 10.1. The van der Waals surface area contributed by atoms with Gasteiger partial charge in [-0.15, -0.1) is 0 Å². The summed E-state index contributed by atoms with van der Waals surface area (Å²) >= 11 is 0. The Labute approximate surface area is 171 Å². The zero-order valence-corrected chi connectivity index (χ0v) is 16.8. The fourth-order valence-corrected chi connectivity index (χ4v) is 5.04. The van der Waals surface area contributed by atoms with E-state index in [1.54, 1.807) is 18.3 Å². The van der Waals surface area contributed by atoms with E-state index in [1.165, 1.54) is 4.31 Å². The SMILES string of the molecule is O=S(=O)(c1cccc2ccccc12)N(CCc1ccccc1)Cc1ccccn1. The summed E-state index contributed by atoms with van der Waals surface area (Å²) in [7, 11) is -3.70. The Balaban J connectivity index is 1.72.